The molecule has 1 aliphatic heterocycles. The molecule has 1 aliphatic carbocycles. The second kappa shape index (κ2) is 6.75. The number of para-hydroxylation sites is 1. The van der Waals surface area contributed by atoms with Gasteiger partial charge in [0.2, 0.25) is 0 Å². The fourth-order valence-corrected chi connectivity index (χ4v) is 4.17. The number of carbonyl (C=O) groups excluding carboxylic acids is 1. The lowest BCUT2D eigenvalue weighted by Gasteiger charge is -2.24. The molecule has 0 spiro atoms. The average molecular weight is 367 g/mol. The third-order valence-corrected chi connectivity index (χ3v) is 5.44. The number of anilines is 1. The standard InChI is InChI=1S/C18H23ClN2O4/c1-11(2)25-15-13(19)6-3-7-14(15)20-17(24)21-9-12-5-4-8-18(12,10-21)16(22)23/h3,6-7,11-12H,4-5,8-10H2,1-2H3,(H,20,24)(H,22,23)/t12-,18+/m0/s1. The van der Waals surface area contributed by atoms with E-state index in [0.29, 0.717) is 29.4 Å². The van der Waals surface area contributed by atoms with Crippen molar-refractivity contribution in [3.63, 3.8) is 0 Å². The second-order valence-electron chi connectivity index (χ2n) is 7.14. The summed E-state index contributed by atoms with van der Waals surface area (Å²) in [6.45, 7) is 4.49. The third-order valence-electron chi connectivity index (χ3n) is 5.15. The average Bonchev–Trinajstić information content (AvgIpc) is 3.08. The monoisotopic (exact) mass is 366 g/mol. The van der Waals surface area contributed by atoms with Gasteiger partial charge in [-0.3, -0.25) is 4.79 Å². The fraction of sp³-hybridized carbons (Fsp3) is 0.556. The minimum atomic E-state index is -0.795. The minimum Gasteiger partial charge on any atom is -0.487 e. The van der Waals surface area contributed by atoms with Crippen LogP contribution in [0.25, 0.3) is 0 Å². The zero-order chi connectivity index (χ0) is 18.2. The molecule has 2 aliphatic rings. The Kier molecular flexibility index (Phi) is 4.82. The number of amides is 2. The summed E-state index contributed by atoms with van der Waals surface area (Å²) in [6.07, 6.45) is 2.31. The Bertz CT molecular complexity index is 694. The van der Waals surface area contributed by atoms with E-state index >= 15 is 0 Å². The maximum atomic E-state index is 12.7. The van der Waals surface area contributed by atoms with E-state index in [1.54, 1.807) is 23.1 Å². The molecule has 2 atom stereocenters. The van der Waals surface area contributed by atoms with Crippen molar-refractivity contribution in [3.8, 4) is 5.75 Å². The van der Waals surface area contributed by atoms with Crippen LogP contribution in [0.4, 0.5) is 10.5 Å². The molecule has 0 bridgehead atoms. The summed E-state index contributed by atoms with van der Waals surface area (Å²) in [7, 11) is 0. The first-order chi connectivity index (χ1) is 11.8. The van der Waals surface area contributed by atoms with Gasteiger partial charge in [0, 0.05) is 13.1 Å². The molecule has 6 nitrogen and oxygen atoms in total. The number of carboxylic acid groups (broad SMARTS) is 1. The topological polar surface area (TPSA) is 78.9 Å². The first-order valence-corrected chi connectivity index (χ1v) is 8.96. The van der Waals surface area contributed by atoms with Crippen LogP contribution in [0.3, 0.4) is 0 Å². The van der Waals surface area contributed by atoms with Crippen molar-refractivity contribution in [2.45, 2.75) is 39.2 Å². The van der Waals surface area contributed by atoms with Crippen molar-refractivity contribution in [1.29, 1.82) is 0 Å². The Morgan fingerprint density at radius 3 is 2.84 bits per heavy atom. The predicted octanol–water partition coefficient (Wildman–Crippen LogP) is 3.85. The number of ether oxygens (including phenoxy) is 1. The quantitative estimate of drug-likeness (QED) is 0.848. The molecule has 0 unspecified atom stereocenters. The molecule has 1 heterocycles. The lowest BCUT2D eigenvalue weighted by molar-refractivity contribution is -0.149. The zero-order valence-electron chi connectivity index (χ0n) is 14.4. The maximum Gasteiger partial charge on any atom is 0.321 e. The number of halogens is 1. The molecule has 2 amide bonds. The van der Waals surface area contributed by atoms with Crippen LogP contribution >= 0.6 is 11.6 Å². The Morgan fingerprint density at radius 1 is 1.44 bits per heavy atom. The van der Waals surface area contributed by atoms with Crippen LogP contribution in [0.2, 0.25) is 5.02 Å². The largest absolute Gasteiger partial charge is 0.487 e. The highest BCUT2D eigenvalue weighted by molar-refractivity contribution is 6.32. The molecule has 0 aromatic heterocycles. The molecule has 2 fully saturated rings. The van der Waals surface area contributed by atoms with Crippen molar-refractivity contribution in [1.82, 2.24) is 4.90 Å². The number of likely N-dealkylation sites (tertiary alicyclic amines) is 1. The summed E-state index contributed by atoms with van der Waals surface area (Å²) in [6, 6.07) is 4.86. The summed E-state index contributed by atoms with van der Waals surface area (Å²) in [4.78, 5) is 26.0. The molecule has 136 valence electrons. The van der Waals surface area contributed by atoms with Gasteiger partial charge >= 0.3 is 12.0 Å². The van der Waals surface area contributed by atoms with E-state index in [9.17, 15) is 14.7 Å². The van der Waals surface area contributed by atoms with Crippen LogP contribution in [0, 0.1) is 11.3 Å². The van der Waals surface area contributed by atoms with Gasteiger partial charge in [-0.05, 0) is 44.7 Å². The Hall–Kier alpha value is -1.95. The van der Waals surface area contributed by atoms with E-state index in [2.05, 4.69) is 5.32 Å². The molecule has 0 radical (unpaired) electrons. The summed E-state index contributed by atoms with van der Waals surface area (Å²) in [5, 5.41) is 12.9. The molecule has 1 aromatic rings. The number of urea groups is 1. The first-order valence-electron chi connectivity index (χ1n) is 8.58. The number of nitrogens with zero attached hydrogens (tertiary/aromatic N) is 1. The van der Waals surface area contributed by atoms with E-state index in [1.807, 2.05) is 13.8 Å². The molecule has 1 saturated carbocycles. The van der Waals surface area contributed by atoms with E-state index in [-0.39, 0.29) is 24.6 Å². The van der Waals surface area contributed by atoms with E-state index in [4.69, 9.17) is 16.3 Å². The van der Waals surface area contributed by atoms with Gasteiger partial charge in [-0.15, -0.1) is 0 Å². The number of rotatable bonds is 4. The lowest BCUT2D eigenvalue weighted by Crippen LogP contribution is -2.38. The molecule has 7 heteroatoms. The molecular weight excluding hydrogens is 344 g/mol. The number of carboxylic acids is 1. The van der Waals surface area contributed by atoms with E-state index in [1.165, 1.54) is 0 Å². The summed E-state index contributed by atoms with van der Waals surface area (Å²) >= 11 is 6.19. The van der Waals surface area contributed by atoms with Crippen molar-refractivity contribution >= 4 is 29.3 Å². The molecular formula is C18H23ClN2O4. The Balaban J connectivity index is 1.76. The van der Waals surface area contributed by atoms with Gasteiger partial charge in [-0.2, -0.15) is 0 Å². The summed E-state index contributed by atoms with van der Waals surface area (Å²) < 4.78 is 5.71. The van der Waals surface area contributed by atoms with Crippen molar-refractivity contribution in [3.05, 3.63) is 23.2 Å². The molecule has 1 saturated heterocycles. The van der Waals surface area contributed by atoms with Crippen LogP contribution in [0.5, 0.6) is 5.75 Å². The number of hydrogen-bond donors (Lipinski definition) is 2. The SMILES string of the molecule is CC(C)Oc1c(Cl)cccc1NC(=O)N1C[C@@H]2CCC[C@@]2(C(=O)O)C1. The maximum absolute atomic E-state index is 12.7. The smallest absolute Gasteiger partial charge is 0.321 e. The normalized spacial score (nSPS) is 25.1. The van der Waals surface area contributed by atoms with Crippen LogP contribution in [0.1, 0.15) is 33.1 Å². The van der Waals surface area contributed by atoms with E-state index < -0.39 is 11.4 Å². The number of hydrogen-bond acceptors (Lipinski definition) is 3. The fourth-order valence-electron chi connectivity index (χ4n) is 3.95. The molecule has 2 N–H and O–H groups in total. The predicted molar refractivity (Wildman–Crippen MR) is 95.2 cm³/mol. The van der Waals surface area contributed by atoms with Gasteiger partial charge < -0.3 is 20.1 Å². The number of carbonyl (C=O) groups is 2. The van der Waals surface area contributed by atoms with Crippen LogP contribution in [-0.2, 0) is 4.79 Å². The van der Waals surface area contributed by atoms with Gasteiger partial charge in [0.15, 0.2) is 5.75 Å². The Morgan fingerprint density at radius 2 is 2.20 bits per heavy atom. The Labute approximate surface area is 152 Å². The van der Waals surface area contributed by atoms with Gasteiger partial charge in [0.1, 0.15) is 0 Å². The lowest BCUT2D eigenvalue weighted by atomic mass is 9.81. The highest BCUT2D eigenvalue weighted by Gasteiger charge is 2.55. The van der Waals surface area contributed by atoms with Crippen LogP contribution in [-0.4, -0.2) is 41.2 Å². The number of benzene rings is 1. The second-order valence-corrected chi connectivity index (χ2v) is 7.55. The van der Waals surface area contributed by atoms with Gasteiger partial charge in [-0.1, -0.05) is 24.1 Å². The highest BCUT2D eigenvalue weighted by Crippen LogP contribution is 2.49. The number of aliphatic carboxylic acids is 1. The third kappa shape index (κ3) is 3.27. The molecule has 1 aromatic carbocycles. The number of fused-ring (bicyclic) bond motifs is 1. The van der Waals surface area contributed by atoms with Gasteiger partial charge in [0.05, 0.1) is 22.2 Å². The number of nitrogens with one attached hydrogen (secondary N) is 1. The van der Waals surface area contributed by atoms with Crippen LogP contribution in [0.15, 0.2) is 18.2 Å². The van der Waals surface area contributed by atoms with Crippen molar-refractivity contribution in [2.75, 3.05) is 18.4 Å². The van der Waals surface area contributed by atoms with E-state index in [0.717, 1.165) is 12.8 Å². The van der Waals surface area contributed by atoms with Crippen LogP contribution < -0.4 is 10.1 Å². The van der Waals surface area contributed by atoms with Crippen molar-refractivity contribution < 1.29 is 19.4 Å². The highest BCUT2D eigenvalue weighted by atomic mass is 35.5. The van der Waals surface area contributed by atoms with Gasteiger partial charge in [-0.25, -0.2) is 4.79 Å². The molecule has 25 heavy (non-hydrogen) atoms. The summed E-state index contributed by atoms with van der Waals surface area (Å²) in [5.74, 6) is -0.335. The first kappa shape index (κ1) is 17.9. The molecule has 3 rings (SSSR count). The zero-order valence-corrected chi connectivity index (χ0v) is 15.2. The minimum absolute atomic E-state index is 0.0292. The summed E-state index contributed by atoms with van der Waals surface area (Å²) in [5.41, 5.74) is -0.296. The van der Waals surface area contributed by atoms with Gasteiger partial charge in [0.25, 0.3) is 0 Å². The van der Waals surface area contributed by atoms with Crippen molar-refractivity contribution in [2.24, 2.45) is 11.3 Å².